The lowest BCUT2D eigenvalue weighted by Gasteiger charge is -2.10. The highest BCUT2D eigenvalue weighted by Gasteiger charge is 2.15. The largest absolute Gasteiger partial charge is 0.493 e. The second-order valence-corrected chi connectivity index (χ2v) is 8.20. The van der Waals surface area contributed by atoms with Gasteiger partial charge in [-0.1, -0.05) is 12.1 Å². The van der Waals surface area contributed by atoms with Gasteiger partial charge in [0.1, 0.15) is 5.82 Å². The van der Waals surface area contributed by atoms with Crippen LogP contribution in [-0.2, 0) is 9.53 Å². The summed E-state index contributed by atoms with van der Waals surface area (Å²) in [7, 11) is 3.08. The quantitative estimate of drug-likeness (QED) is 0.222. The summed E-state index contributed by atoms with van der Waals surface area (Å²) in [6, 6.07) is 9.80. The van der Waals surface area contributed by atoms with Gasteiger partial charge in [-0.05, 0) is 31.2 Å². The first kappa shape index (κ1) is 25.3. The van der Waals surface area contributed by atoms with Crippen molar-refractivity contribution in [3.8, 4) is 11.5 Å². The number of carbonyl (C=O) groups excluding carboxylic acids is 2. The zero-order valence-corrected chi connectivity index (χ0v) is 20.2. The number of carbonyl (C=O) groups is 2. The SMILES string of the molecule is CCOc1ccc(C(=O)CCC(=O)N/N=C(\CCOC)c2csc3c(F)cccc23)cc1OC. The van der Waals surface area contributed by atoms with Crippen LogP contribution in [0.3, 0.4) is 0 Å². The molecule has 0 fully saturated rings. The number of hydrazone groups is 1. The van der Waals surface area contributed by atoms with Crippen LogP contribution in [0.2, 0.25) is 0 Å². The number of ether oxygens (including phenoxy) is 3. The van der Waals surface area contributed by atoms with Crippen molar-refractivity contribution in [2.45, 2.75) is 26.2 Å². The molecule has 0 aliphatic rings. The first-order valence-electron chi connectivity index (χ1n) is 10.8. The van der Waals surface area contributed by atoms with Gasteiger partial charge in [-0.3, -0.25) is 9.59 Å². The van der Waals surface area contributed by atoms with E-state index in [4.69, 9.17) is 14.2 Å². The Morgan fingerprint density at radius 3 is 2.65 bits per heavy atom. The molecule has 0 atom stereocenters. The molecule has 7 nitrogen and oxygen atoms in total. The number of hydrogen-bond acceptors (Lipinski definition) is 7. The lowest BCUT2D eigenvalue weighted by atomic mass is 10.1. The summed E-state index contributed by atoms with van der Waals surface area (Å²) in [6.07, 6.45) is 0.414. The number of benzene rings is 2. The van der Waals surface area contributed by atoms with Crippen molar-refractivity contribution in [1.29, 1.82) is 0 Å². The molecule has 0 aliphatic carbocycles. The zero-order valence-electron chi connectivity index (χ0n) is 19.4. The molecule has 1 N–H and O–H groups in total. The van der Waals surface area contributed by atoms with Crippen LogP contribution < -0.4 is 14.9 Å². The summed E-state index contributed by atoms with van der Waals surface area (Å²) >= 11 is 1.28. The van der Waals surface area contributed by atoms with Gasteiger partial charge < -0.3 is 14.2 Å². The molecule has 0 unspecified atom stereocenters. The number of thiophene rings is 1. The molecule has 0 saturated carbocycles. The second-order valence-electron chi connectivity index (χ2n) is 7.32. The fourth-order valence-corrected chi connectivity index (χ4v) is 4.35. The monoisotopic (exact) mass is 486 g/mol. The van der Waals surface area contributed by atoms with E-state index in [2.05, 4.69) is 10.5 Å². The van der Waals surface area contributed by atoms with Gasteiger partial charge in [0.25, 0.3) is 0 Å². The van der Waals surface area contributed by atoms with Gasteiger partial charge in [0.05, 0.1) is 30.7 Å². The van der Waals surface area contributed by atoms with E-state index < -0.39 is 5.91 Å². The van der Waals surface area contributed by atoms with Crippen molar-refractivity contribution in [3.05, 3.63) is 58.7 Å². The van der Waals surface area contributed by atoms with Crippen LogP contribution >= 0.6 is 11.3 Å². The van der Waals surface area contributed by atoms with Crippen LogP contribution in [0.1, 0.15) is 42.1 Å². The number of nitrogens with one attached hydrogen (secondary N) is 1. The highest BCUT2D eigenvalue weighted by Crippen LogP contribution is 2.30. The maximum Gasteiger partial charge on any atom is 0.240 e. The number of ketones is 1. The van der Waals surface area contributed by atoms with Gasteiger partial charge in [-0.2, -0.15) is 5.10 Å². The molecule has 0 saturated heterocycles. The Balaban J connectivity index is 1.66. The van der Waals surface area contributed by atoms with Crippen LogP contribution in [0.4, 0.5) is 4.39 Å². The molecule has 0 bridgehead atoms. The van der Waals surface area contributed by atoms with E-state index in [1.165, 1.54) is 24.5 Å². The number of nitrogens with zero attached hydrogens (tertiary/aromatic N) is 1. The van der Waals surface area contributed by atoms with E-state index in [0.717, 1.165) is 10.9 Å². The summed E-state index contributed by atoms with van der Waals surface area (Å²) in [5.74, 6) is 0.126. The van der Waals surface area contributed by atoms with Gasteiger partial charge in [0.2, 0.25) is 5.91 Å². The second kappa shape index (κ2) is 12.2. The zero-order chi connectivity index (χ0) is 24.5. The molecule has 3 rings (SSSR count). The molecule has 3 aromatic rings. The van der Waals surface area contributed by atoms with E-state index in [1.807, 2.05) is 18.4 Å². The van der Waals surface area contributed by atoms with E-state index in [0.29, 0.717) is 47.1 Å². The molecule has 2 aromatic carbocycles. The summed E-state index contributed by atoms with van der Waals surface area (Å²) in [4.78, 5) is 25.0. The van der Waals surface area contributed by atoms with Crippen molar-refractivity contribution < 1.29 is 28.2 Å². The highest BCUT2D eigenvalue weighted by atomic mass is 32.1. The average Bonchev–Trinajstić information content (AvgIpc) is 3.28. The Labute approximate surface area is 201 Å². The van der Waals surface area contributed by atoms with Crippen LogP contribution in [0.5, 0.6) is 11.5 Å². The predicted molar refractivity (Wildman–Crippen MR) is 131 cm³/mol. The first-order chi connectivity index (χ1) is 16.5. The molecule has 1 amide bonds. The topological polar surface area (TPSA) is 86.2 Å². The van der Waals surface area contributed by atoms with E-state index in [1.54, 1.807) is 31.4 Å². The summed E-state index contributed by atoms with van der Waals surface area (Å²) in [5, 5.41) is 6.81. The Morgan fingerprint density at radius 1 is 1.09 bits per heavy atom. The van der Waals surface area contributed by atoms with Gasteiger partial charge in [-0.25, -0.2) is 9.82 Å². The average molecular weight is 487 g/mol. The summed E-state index contributed by atoms with van der Waals surface area (Å²) in [6.45, 7) is 2.73. The molecular formula is C25H27FN2O5S. The molecule has 0 radical (unpaired) electrons. The normalized spacial score (nSPS) is 11.5. The molecule has 34 heavy (non-hydrogen) atoms. The highest BCUT2D eigenvalue weighted by molar-refractivity contribution is 7.17. The maximum absolute atomic E-state index is 14.1. The number of rotatable bonds is 12. The van der Waals surface area contributed by atoms with E-state index in [9.17, 15) is 14.0 Å². The predicted octanol–water partition coefficient (Wildman–Crippen LogP) is 4.97. The fourth-order valence-electron chi connectivity index (χ4n) is 3.37. The Kier molecular flexibility index (Phi) is 9.12. The van der Waals surface area contributed by atoms with E-state index >= 15 is 0 Å². The van der Waals surface area contributed by atoms with Crippen molar-refractivity contribution in [2.24, 2.45) is 5.10 Å². The minimum absolute atomic E-state index is 0.0124. The van der Waals surface area contributed by atoms with Gasteiger partial charge in [0, 0.05) is 48.3 Å². The summed E-state index contributed by atoms with van der Waals surface area (Å²) in [5.41, 5.74) is 4.28. The lowest BCUT2D eigenvalue weighted by molar-refractivity contribution is -0.121. The Hall–Kier alpha value is -3.30. The third-order valence-corrected chi connectivity index (χ3v) is 6.09. The Morgan fingerprint density at radius 2 is 1.91 bits per heavy atom. The minimum Gasteiger partial charge on any atom is -0.493 e. The van der Waals surface area contributed by atoms with Gasteiger partial charge in [-0.15, -0.1) is 11.3 Å². The molecule has 9 heteroatoms. The molecular weight excluding hydrogens is 459 g/mol. The molecule has 0 aliphatic heterocycles. The summed E-state index contributed by atoms with van der Waals surface area (Å²) < 4.78 is 30.5. The third kappa shape index (κ3) is 6.18. The van der Waals surface area contributed by atoms with Crippen LogP contribution in [0.25, 0.3) is 10.1 Å². The number of fused-ring (bicyclic) bond motifs is 1. The maximum atomic E-state index is 14.1. The number of methoxy groups -OCH3 is 2. The number of halogens is 1. The molecule has 0 spiro atoms. The van der Waals surface area contributed by atoms with E-state index in [-0.39, 0.29) is 24.4 Å². The van der Waals surface area contributed by atoms with Crippen molar-refractivity contribution >= 4 is 38.8 Å². The van der Waals surface area contributed by atoms with Crippen LogP contribution in [-0.4, -0.2) is 44.8 Å². The molecule has 1 heterocycles. The fraction of sp³-hybridized carbons (Fsp3) is 0.320. The molecule has 180 valence electrons. The van der Waals surface area contributed by atoms with Gasteiger partial charge >= 0.3 is 0 Å². The van der Waals surface area contributed by atoms with Crippen molar-refractivity contribution in [2.75, 3.05) is 27.4 Å². The van der Waals surface area contributed by atoms with Crippen LogP contribution in [0, 0.1) is 5.82 Å². The van der Waals surface area contributed by atoms with Crippen molar-refractivity contribution in [1.82, 2.24) is 5.43 Å². The number of hydrogen-bond donors (Lipinski definition) is 1. The van der Waals surface area contributed by atoms with Crippen molar-refractivity contribution in [3.63, 3.8) is 0 Å². The lowest BCUT2D eigenvalue weighted by Crippen LogP contribution is -2.21. The first-order valence-corrected chi connectivity index (χ1v) is 11.7. The minimum atomic E-state index is -0.396. The number of Topliss-reactive ketones (excluding diaryl/α,β-unsaturated/α-hetero) is 1. The van der Waals surface area contributed by atoms with Crippen LogP contribution in [0.15, 0.2) is 46.9 Å². The third-order valence-electron chi connectivity index (χ3n) is 5.09. The molecule has 1 aromatic heterocycles. The number of amides is 1. The van der Waals surface area contributed by atoms with Gasteiger partial charge in [0.15, 0.2) is 17.3 Å². The standard InChI is InChI=1S/C25H27FN2O5S/c1-4-33-22-10-8-16(14-23(22)32-3)21(29)9-11-24(30)28-27-20(12-13-31-2)18-15-34-25-17(18)6-5-7-19(25)26/h5-8,10,14-15H,4,9,11-13H2,1-3H3,(H,28,30)/b27-20+. The Bertz CT molecular complexity index is 1190. The smallest absolute Gasteiger partial charge is 0.240 e.